The average molecular weight is 378 g/mol. The molecule has 2 aromatic carbocycles. The van der Waals surface area contributed by atoms with E-state index in [1.54, 1.807) is 6.21 Å². The minimum absolute atomic E-state index is 0.231. The number of thiophene rings is 1. The second-order valence-electron chi connectivity index (χ2n) is 6.23. The fourth-order valence-electron chi connectivity index (χ4n) is 3.00. The van der Waals surface area contributed by atoms with Crippen LogP contribution in [0.5, 0.6) is 11.5 Å². The lowest BCUT2D eigenvalue weighted by atomic mass is 10.1. The number of fused-ring (bicyclic) bond motifs is 1. The van der Waals surface area contributed by atoms with Crippen molar-refractivity contribution >= 4 is 28.5 Å². The van der Waals surface area contributed by atoms with Crippen molar-refractivity contribution in [1.82, 2.24) is 0 Å². The molecule has 0 fully saturated rings. The monoisotopic (exact) mass is 378 g/mol. The van der Waals surface area contributed by atoms with Gasteiger partial charge in [-0.15, -0.1) is 11.3 Å². The average Bonchev–Trinajstić information content (AvgIpc) is 3.25. The van der Waals surface area contributed by atoms with Crippen molar-refractivity contribution in [2.75, 3.05) is 6.79 Å². The molecule has 1 amide bonds. The van der Waals surface area contributed by atoms with Crippen LogP contribution >= 0.6 is 11.3 Å². The summed E-state index contributed by atoms with van der Waals surface area (Å²) in [6.07, 6.45) is 2.46. The van der Waals surface area contributed by atoms with Crippen LogP contribution in [0.2, 0.25) is 0 Å². The summed E-state index contributed by atoms with van der Waals surface area (Å²) in [5, 5.41) is 0.628. The summed E-state index contributed by atoms with van der Waals surface area (Å²) >= 11 is 1.50. The summed E-state index contributed by atoms with van der Waals surface area (Å²) < 4.78 is 10.7. The maximum atomic E-state index is 12.0. The van der Waals surface area contributed by atoms with Gasteiger partial charge in [-0.1, -0.05) is 30.3 Å². The predicted octanol–water partition coefficient (Wildman–Crippen LogP) is 4.23. The Bertz CT molecular complexity index is 1030. The van der Waals surface area contributed by atoms with E-state index in [1.165, 1.54) is 16.9 Å². The zero-order chi connectivity index (χ0) is 18.8. The summed E-state index contributed by atoms with van der Waals surface area (Å²) in [5.41, 5.74) is 9.06. The molecule has 1 aromatic heterocycles. The quantitative estimate of drug-likeness (QED) is 0.675. The van der Waals surface area contributed by atoms with E-state index in [4.69, 9.17) is 15.2 Å². The molecule has 2 N–H and O–H groups in total. The molecule has 0 bridgehead atoms. The van der Waals surface area contributed by atoms with E-state index >= 15 is 0 Å². The van der Waals surface area contributed by atoms with Crippen LogP contribution in [0.15, 0.2) is 53.5 Å². The third-order valence-electron chi connectivity index (χ3n) is 4.41. The minimum atomic E-state index is -0.458. The first kappa shape index (κ1) is 17.3. The first-order valence-electron chi connectivity index (χ1n) is 8.51. The van der Waals surface area contributed by atoms with Crippen molar-refractivity contribution in [2.24, 2.45) is 10.7 Å². The molecule has 0 aliphatic carbocycles. The number of primary amides is 1. The van der Waals surface area contributed by atoms with E-state index < -0.39 is 5.91 Å². The van der Waals surface area contributed by atoms with Gasteiger partial charge in [0.25, 0.3) is 5.91 Å². The van der Waals surface area contributed by atoms with Gasteiger partial charge in [0.05, 0.1) is 5.56 Å². The Morgan fingerprint density at radius 3 is 2.74 bits per heavy atom. The van der Waals surface area contributed by atoms with Gasteiger partial charge >= 0.3 is 0 Å². The van der Waals surface area contributed by atoms with Crippen molar-refractivity contribution in [1.29, 1.82) is 0 Å². The number of aliphatic imine (C=N–C) groups is 1. The lowest BCUT2D eigenvalue weighted by Gasteiger charge is -2.00. The van der Waals surface area contributed by atoms with Crippen molar-refractivity contribution in [3.8, 4) is 11.5 Å². The summed E-state index contributed by atoms with van der Waals surface area (Å²) in [7, 11) is 0. The molecule has 1 aliphatic heterocycles. The lowest BCUT2D eigenvalue weighted by molar-refractivity contribution is 0.100. The van der Waals surface area contributed by atoms with Gasteiger partial charge in [-0.3, -0.25) is 4.79 Å². The summed E-state index contributed by atoms with van der Waals surface area (Å²) in [4.78, 5) is 17.6. The number of hydrogen-bond acceptors (Lipinski definition) is 5. The Morgan fingerprint density at radius 2 is 1.96 bits per heavy atom. The maximum absolute atomic E-state index is 12.0. The van der Waals surface area contributed by atoms with Crippen LogP contribution in [-0.2, 0) is 6.42 Å². The highest BCUT2D eigenvalue weighted by molar-refractivity contribution is 7.16. The topological polar surface area (TPSA) is 73.9 Å². The molecule has 6 heteroatoms. The molecule has 0 spiro atoms. The number of carbonyl (C=O) groups is 1. The summed E-state index contributed by atoms with van der Waals surface area (Å²) in [6.45, 7) is 2.16. The maximum Gasteiger partial charge on any atom is 0.252 e. The van der Waals surface area contributed by atoms with E-state index in [1.807, 2.05) is 43.3 Å². The van der Waals surface area contributed by atoms with Crippen LogP contribution in [0, 0.1) is 6.92 Å². The van der Waals surface area contributed by atoms with E-state index in [0.717, 1.165) is 28.2 Å². The van der Waals surface area contributed by atoms with Crippen LogP contribution in [0.4, 0.5) is 5.00 Å². The van der Waals surface area contributed by atoms with Crippen molar-refractivity contribution in [2.45, 2.75) is 13.3 Å². The number of benzene rings is 2. The number of amides is 1. The normalized spacial score (nSPS) is 12.6. The van der Waals surface area contributed by atoms with Gasteiger partial charge in [0, 0.05) is 17.5 Å². The van der Waals surface area contributed by atoms with Crippen molar-refractivity contribution < 1.29 is 14.3 Å². The van der Waals surface area contributed by atoms with Gasteiger partial charge in [0.15, 0.2) is 11.5 Å². The van der Waals surface area contributed by atoms with Gasteiger partial charge in [-0.2, -0.15) is 0 Å². The molecular weight excluding hydrogens is 360 g/mol. The molecule has 0 unspecified atom stereocenters. The Morgan fingerprint density at radius 1 is 1.19 bits per heavy atom. The smallest absolute Gasteiger partial charge is 0.252 e. The molecule has 0 atom stereocenters. The van der Waals surface area contributed by atoms with Crippen molar-refractivity contribution in [3.05, 3.63) is 75.7 Å². The van der Waals surface area contributed by atoms with E-state index in [2.05, 4.69) is 17.1 Å². The van der Waals surface area contributed by atoms with Crippen LogP contribution in [0.25, 0.3) is 0 Å². The van der Waals surface area contributed by atoms with Gasteiger partial charge in [-0.05, 0) is 41.8 Å². The van der Waals surface area contributed by atoms with Crippen molar-refractivity contribution in [3.63, 3.8) is 0 Å². The highest BCUT2D eigenvalue weighted by Crippen LogP contribution is 2.37. The summed E-state index contributed by atoms with van der Waals surface area (Å²) in [5.74, 6) is 0.962. The highest BCUT2D eigenvalue weighted by atomic mass is 32.1. The molecule has 3 aromatic rings. The first-order valence-corrected chi connectivity index (χ1v) is 9.33. The number of rotatable bonds is 5. The lowest BCUT2D eigenvalue weighted by Crippen LogP contribution is -2.11. The molecule has 4 rings (SSSR count). The molecule has 27 heavy (non-hydrogen) atoms. The number of carbonyl (C=O) groups excluding carboxylic acids is 1. The Kier molecular flexibility index (Phi) is 4.64. The second-order valence-corrected chi connectivity index (χ2v) is 7.31. The van der Waals surface area contributed by atoms with Gasteiger partial charge in [-0.25, -0.2) is 4.99 Å². The third-order valence-corrected chi connectivity index (χ3v) is 5.61. The zero-order valence-electron chi connectivity index (χ0n) is 14.8. The standard InChI is InChI=1S/C21H18N2O3S/c1-13-18(10-14-5-3-2-4-6-14)27-21(19(13)20(22)24)23-11-15-7-8-16-17(9-15)26-12-25-16/h2-9,11H,10,12H2,1H3,(H2,22,24). The van der Waals surface area contributed by atoms with Gasteiger partial charge in [0.2, 0.25) is 6.79 Å². The second kappa shape index (κ2) is 7.25. The Hall–Kier alpha value is -3.12. The number of nitrogens with two attached hydrogens (primary N) is 1. The molecule has 0 saturated heterocycles. The largest absolute Gasteiger partial charge is 0.454 e. The van der Waals surface area contributed by atoms with Crippen LogP contribution in [0.1, 0.15) is 31.9 Å². The van der Waals surface area contributed by atoms with E-state index in [0.29, 0.717) is 16.3 Å². The highest BCUT2D eigenvalue weighted by Gasteiger charge is 2.19. The summed E-state index contributed by atoms with van der Waals surface area (Å²) in [6, 6.07) is 15.7. The van der Waals surface area contributed by atoms with Crippen LogP contribution in [0.3, 0.4) is 0 Å². The predicted molar refractivity (Wildman–Crippen MR) is 107 cm³/mol. The Labute approximate surface area is 161 Å². The molecule has 0 radical (unpaired) electrons. The minimum Gasteiger partial charge on any atom is -0.454 e. The molecule has 5 nitrogen and oxygen atoms in total. The zero-order valence-corrected chi connectivity index (χ0v) is 15.6. The molecule has 136 valence electrons. The van der Waals surface area contributed by atoms with E-state index in [-0.39, 0.29) is 6.79 Å². The number of nitrogens with zero attached hydrogens (tertiary/aromatic N) is 1. The fourth-order valence-corrected chi connectivity index (χ4v) is 4.19. The third kappa shape index (κ3) is 3.57. The Balaban J connectivity index is 1.65. The van der Waals surface area contributed by atoms with E-state index in [9.17, 15) is 4.79 Å². The SMILES string of the molecule is Cc1c(Cc2ccccc2)sc(N=Cc2ccc3c(c2)OCO3)c1C(N)=O. The molecule has 1 aliphatic rings. The first-order chi connectivity index (χ1) is 13.1. The number of ether oxygens (including phenoxy) is 2. The molecule has 2 heterocycles. The van der Waals surface area contributed by atoms with Crippen LogP contribution in [-0.4, -0.2) is 18.9 Å². The molecule has 0 saturated carbocycles. The molecular formula is C21H18N2O3S. The fraction of sp³-hybridized carbons (Fsp3) is 0.143. The van der Waals surface area contributed by atoms with Gasteiger partial charge < -0.3 is 15.2 Å². The van der Waals surface area contributed by atoms with Crippen LogP contribution < -0.4 is 15.2 Å². The van der Waals surface area contributed by atoms with Gasteiger partial charge in [0.1, 0.15) is 5.00 Å². The number of hydrogen-bond donors (Lipinski definition) is 1.